The molecule has 5 aliphatic rings. The first-order valence-corrected chi connectivity index (χ1v) is 26.1. The lowest BCUT2D eigenvalue weighted by molar-refractivity contribution is -0.760. The van der Waals surface area contributed by atoms with Crippen molar-refractivity contribution in [2.75, 3.05) is 48.3 Å². The van der Waals surface area contributed by atoms with Crippen molar-refractivity contribution in [2.24, 2.45) is 62.5 Å². The number of hydrogen-bond donors (Lipinski definition) is 0. The predicted molar refractivity (Wildman–Crippen MR) is 306 cm³/mol. The summed E-state index contributed by atoms with van der Waals surface area (Å²) >= 11 is 0. The summed E-state index contributed by atoms with van der Waals surface area (Å²) in [5.74, 6) is 3.13. The molecule has 8 rings (SSSR count). The fourth-order valence-electron chi connectivity index (χ4n) is 5.58. The molecule has 0 N–H and O–H groups in total. The number of hydrogen-bond acceptors (Lipinski definition) is 6. The lowest BCUT2D eigenvalue weighted by atomic mass is 10.3. The van der Waals surface area contributed by atoms with E-state index in [1.165, 1.54) is 28.5 Å². The third kappa shape index (κ3) is 33.0. The molecule has 17 heteroatoms. The molecule has 410 valence electrons. The zero-order valence-corrected chi connectivity index (χ0v) is 52.6. The van der Waals surface area contributed by atoms with Gasteiger partial charge in [-0.1, -0.05) is 89.0 Å². The number of nitrogens with zero attached hydrogens (tertiary/aromatic N) is 17. The fourth-order valence-corrected chi connectivity index (χ4v) is 5.58. The third-order valence-electron chi connectivity index (χ3n) is 10.6. The first-order valence-electron chi connectivity index (χ1n) is 26.1. The first kappa shape index (κ1) is 75.2. The summed E-state index contributed by atoms with van der Waals surface area (Å²) < 4.78 is 19.9. The van der Waals surface area contributed by atoms with Crippen LogP contribution in [-0.2, 0) is 42.3 Å². The summed E-state index contributed by atoms with van der Waals surface area (Å²) in [5.41, 5.74) is 7.42. The van der Waals surface area contributed by atoms with Crippen LogP contribution in [0.2, 0.25) is 0 Å². The summed E-state index contributed by atoms with van der Waals surface area (Å²) in [7, 11) is 21.9. The van der Waals surface area contributed by atoms with Crippen LogP contribution in [0.15, 0.2) is 74.9 Å². The smallest absolute Gasteiger partial charge is 0.239 e. The maximum atomic E-state index is 4.28. The van der Waals surface area contributed by atoms with Gasteiger partial charge in [-0.3, -0.25) is 0 Å². The van der Waals surface area contributed by atoms with E-state index in [2.05, 4.69) is 136 Å². The summed E-state index contributed by atoms with van der Waals surface area (Å²) in [5, 5.41) is 16.6. The molecule has 0 aromatic carbocycles. The van der Waals surface area contributed by atoms with Crippen LogP contribution in [0.25, 0.3) is 0 Å². The van der Waals surface area contributed by atoms with Crippen LogP contribution in [0.4, 0.5) is 0 Å². The molecule has 0 fully saturated rings. The lowest BCUT2D eigenvalue weighted by Crippen LogP contribution is -2.39. The van der Waals surface area contributed by atoms with Crippen LogP contribution in [0.5, 0.6) is 0 Å². The minimum Gasteiger partial charge on any atom is -0.239 e. The van der Waals surface area contributed by atoms with Crippen LogP contribution in [0.1, 0.15) is 153 Å². The van der Waals surface area contributed by atoms with Gasteiger partial charge in [-0.15, -0.1) is 9.38 Å². The van der Waals surface area contributed by atoms with Crippen molar-refractivity contribution in [1.29, 1.82) is 0 Å². The Morgan fingerprint density at radius 2 is 1.17 bits per heavy atom. The second-order valence-corrected chi connectivity index (χ2v) is 16.4. The Bertz CT molecular complexity index is 2020. The molecule has 0 bridgehead atoms. The SMILES string of the molecule is CC.CC.CC.CC.CC.CC1=CCC=[N+]1C.CC1=CCN=[N+]1C.CC1=NC(C)(C)N=[N+]1C.CC1=NCC=[N+]1C.CC1=[N+](C)C=CC1.Cc1c[n+](C)cn1C.Cc1nn(C)[n+](C)c1C.Cc1nn(C)c[n+]1C. The highest BCUT2D eigenvalue weighted by atomic mass is 15.5. The molecule has 0 amide bonds. The van der Waals surface area contributed by atoms with Crippen molar-refractivity contribution in [3.63, 3.8) is 0 Å². The topological polar surface area (TPSA) is 117 Å². The van der Waals surface area contributed by atoms with Gasteiger partial charge in [-0.05, 0) is 22.1 Å². The lowest BCUT2D eigenvalue weighted by Gasteiger charge is -1.95. The van der Waals surface area contributed by atoms with Gasteiger partial charge in [0.1, 0.15) is 59.1 Å². The van der Waals surface area contributed by atoms with Gasteiger partial charge in [0.15, 0.2) is 36.9 Å². The van der Waals surface area contributed by atoms with E-state index >= 15 is 0 Å². The van der Waals surface area contributed by atoms with Crippen LogP contribution in [0.3, 0.4) is 0 Å². The van der Waals surface area contributed by atoms with E-state index in [4.69, 9.17) is 0 Å². The second kappa shape index (κ2) is 42.9. The molecule has 3 aromatic heterocycles. The van der Waals surface area contributed by atoms with E-state index in [-0.39, 0.29) is 5.66 Å². The van der Waals surface area contributed by atoms with Crippen molar-refractivity contribution in [1.82, 2.24) is 24.2 Å². The van der Waals surface area contributed by atoms with Crippen LogP contribution in [0, 0.1) is 27.7 Å². The molecular weight excluding hydrogens is 899 g/mol. The largest absolute Gasteiger partial charge is 0.312 e. The van der Waals surface area contributed by atoms with Gasteiger partial charge >= 0.3 is 5.84 Å². The Morgan fingerprint density at radius 1 is 0.611 bits per heavy atom. The summed E-state index contributed by atoms with van der Waals surface area (Å²) in [6, 6.07) is 0. The molecule has 3 aromatic rings. The molecule has 0 unspecified atom stereocenters. The van der Waals surface area contributed by atoms with Gasteiger partial charge in [0.25, 0.3) is 17.3 Å². The van der Waals surface area contributed by atoms with Crippen molar-refractivity contribution in [2.45, 2.75) is 164 Å². The maximum Gasteiger partial charge on any atom is 0.312 e. The Kier molecular flexibility index (Phi) is 44.8. The quantitative estimate of drug-likeness (QED) is 0.209. The Hall–Kier alpha value is -5.74. The van der Waals surface area contributed by atoms with Gasteiger partial charge in [-0.25, -0.2) is 27.4 Å². The molecule has 0 saturated heterocycles. The monoisotopic (exact) mass is 1010 g/mol. The van der Waals surface area contributed by atoms with Crippen molar-refractivity contribution < 1.29 is 36.9 Å². The first-order chi connectivity index (χ1) is 33.8. The second-order valence-electron chi connectivity index (χ2n) is 16.4. The highest BCUT2D eigenvalue weighted by Gasteiger charge is 2.32. The Balaban J connectivity index is -0.000000232. The number of imidazole rings is 1. The predicted octanol–water partition coefficient (Wildman–Crippen LogP) is 9.10. The summed E-state index contributed by atoms with van der Waals surface area (Å²) in [6.07, 6.45) is 21.1. The van der Waals surface area contributed by atoms with Crippen LogP contribution < -0.4 is 13.8 Å². The molecule has 72 heavy (non-hydrogen) atoms. The van der Waals surface area contributed by atoms with Gasteiger partial charge in [0.2, 0.25) is 24.0 Å². The van der Waals surface area contributed by atoms with Crippen molar-refractivity contribution in [3.8, 4) is 0 Å². The average molecular weight is 1010 g/mol. The molecule has 0 saturated carbocycles. The number of amidine groups is 2. The highest BCUT2D eigenvalue weighted by Crippen LogP contribution is 2.16. The van der Waals surface area contributed by atoms with Gasteiger partial charge in [-0.2, -0.15) is 4.68 Å². The molecule has 8 heterocycles. The Morgan fingerprint density at radius 3 is 1.28 bits per heavy atom. The van der Waals surface area contributed by atoms with E-state index in [0.717, 1.165) is 49.1 Å². The average Bonchev–Trinajstić information content (AvgIpc) is 4.26. The highest BCUT2D eigenvalue weighted by molar-refractivity contribution is 5.81. The zero-order chi connectivity index (χ0) is 57.5. The molecule has 0 aliphatic carbocycles. The van der Waals surface area contributed by atoms with Gasteiger partial charge in [0.05, 0.1) is 48.7 Å². The maximum absolute atomic E-state index is 4.28. The van der Waals surface area contributed by atoms with Crippen LogP contribution in [-0.4, -0.2) is 131 Å². The van der Waals surface area contributed by atoms with Gasteiger partial charge in [0, 0.05) is 98.9 Å². The van der Waals surface area contributed by atoms with Crippen LogP contribution >= 0.6 is 0 Å². The Labute approximate surface area is 441 Å². The van der Waals surface area contributed by atoms with Crippen molar-refractivity contribution >= 4 is 29.8 Å². The molecule has 0 spiro atoms. The number of allylic oxidation sites excluding steroid dienone is 4. The molecule has 5 aliphatic heterocycles. The van der Waals surface area contributed by atoms with E-state index in [9.17, 15) is 0 Å². The minimum absolute atomic E-state index is 0.223. The normalized spacial score (nSPS) is 14.3. The number of aromatic nitrogens is 8. The fraction of sp³-hybridized carbons (Fsp3) is 0.673. The molecule has 0 atom stereocenters. The standard InChI is InChI=1S/2C6H12N3.C6H11N2.2C6H10N.C5H10N3.2C5H9N2.5C2H6/c1-5-6(2)8(3)9(4)7-5;1-5-7-6(2,3)8-9(5)4;1-6-4-7(2)5-8(6)3;2*1-6-4-3-5-7(6)2;1-5-6-8(3)4-7(5)2;1-5-6-3-4-7(5)2;1-5-3-4-6-7(5)2;5*1-2/h2*1-4H3;4-5H,1-3H3;4-5H,3H2,1-2H3;3,5H,4H2,1-2H3;4H,1-3H3;4H,3H2,1-2H3;3H,4H2,1-2H3;5*1-2H3/q8*+1;;;;;. The van der Waals surface area contributed by atoms with E-state index in [0.29, 0.717) is 0 Å². The molecular formula is C55H113N17+8. The minimum atomic E-state index is -0.223. The third-order valence-corrected chi connectivity index (χ3v) is 10.6. The summed E-state index contributed by atoms with van der Waals surface area (Å²) in [4.78, 5) is 10.2. The van der Waals surface area contributed by atoms with E-state index in [1.54, 1.807) is 9.38 Å². The molecule has 0 radical (unpaired) electrons. The van der Waals surface area contributed by atoms with E-state index < -0.39 is 0 Å². The number of azo groups is 4. The molecule has 17 nitrogen and oxygen atoms in total. The van der Waals surface area contributed by atoms with Gasteiger partial charge < -0.3 is 0 Å². The number of aryl methyl sites for hydroxylation is 8. The number of rotatable bonds is 0. The van der Waals surface area contributed by atoms with Crippen molar-refractivity contribution in [3.05, 3.63) is 77.6 Å². The number of aliphatic imine (C=N–C) groups is 2. The van der Waals surface area contributed by atoms with E-state index in [1.807, 2.05) is 215 Å². The zero-order valence-electron chi connectivity index (χ0n) is 52.6. The summed E-state index contributed by atoms with van der Waals surface area (Å²) in [6.45, 7) is 44.1.